The van der Waals surface area contributed by atoms with Gasteiger partial charge >= 0.3 is 0 Å². The van der Waals surface area contributed by atoms with Crippen LogP contribution in [-0.4, -0.2) is 29.4 Å². The van der Waals surface area contributed by atoms with Crippen molar-refractivity contribution in [3.05, 3.63) is 24.2 Å². The largest absolute Gasteiger partial charge is 0.467 e. The molecular weight excluding hydrogens is 182 g/mol. The molecule has 0 aliphatic rings. The predicted octanol–water partition coefficient (Wildman–Crippen LogP) is 0.673. The van der Waals surface area contributed by atoms with Crippen LogP contribution in [-0.2, 0) is 0 Å². The Morgan fingerprint density at radius 2 is 2.21 bits per heavy atom. The van der Waals surface area contributed by atoms with Crippen molar-refractivity contribution in [2.45, 2.75) is 25.6 Å². The van der Waals surface area contributed by atoms with Gasteiger partial charge in [-0.25, -0.2) is 0 Å². The summed E-state index contributed by atoms with van der Waals surface area (Å²) in [7, 11) is 0. The highest BCUT2D eigenvalue weighted by molar-refractivity contribution is 5.02. The smallest absolute Gasteiger partial charge is 0.133 e. The minimum absolute atomic E-state index is 0.348. The summed E-state index contributed by atoms with van der Waals surface area (Å²) in [5.41, 5.74) is 0. The van der Waals surface area contributed by atoms with Crippen molar-refractivity contribution in [1.29, 1.82) is 0 Å². The first-order valence-corrected chi connectivity index (χ1v) is 4.84. The minimum atomic E-state index is -0.644. The van der Waals surface area contributed by atoms with Gasteiger partial charge < -0.3 is 19.9 Å². The molecule has 1 aromatic rings. The predicted molar refractivity (Wildman–Crippen MR) is 52.8 cm³/mol. The molecule has 1 aromatic heterocycles. The molecule has 0 aromatic carbocycles. The van der Waals surface area contributed by atoms with Gasteiger partial charge in [-0.2, -0.15) is 0 Å². The first-order chi connectivity index (χ1) is 6.74. The average molecular weight is 199 g/mol. The minimum Gasteiger partial charge on any atom is -0.467 e. The number of furan rings is 1. The van der Waals surface area contributed by atoms with E-state index in [0.717, 1.165) is 0 Å². The number of aliphatic hydroxyl groups excluding tert-OH is 2. The molecule has 0 saturated carbocycles. The number of hydrogen-bond donors (Lipinski definition) is 3. The average Bonchev–Trinajstić information content (AvgIpc) is 2.70. The molecule has 4 heteroatoms. The quantitative estimate of drug-likeness (QED) is 0.630. The zero-order valence-electron chi connectivity index (χ0n) is 8.31. The maximum Gasteiger partial charge on any atom is 0.133 e. The van der Waals surface area contributed by atoms with E-state index in [9.17, 15) is 10.2 Å². The molecule has 4 nitrogen and oxygen atoms in total. The summed E-state index contributed by atoms with van der Waals surface area (Å²) in [6.45, 7) is 2.80. The monoisotopic (exact) mass is 199 g/mol. The van der Waals surface area contributed by atoms with Crippen molar-refractivity contribution in [1.82, 2.24) is 5.32 Å². The zero-order chi connectivity index (χ0) is 10.4. The summed E-state index contributed by atoms with van der Waals surface area (Å²) in [5, 5.41) is 21.8. The third-order valence-corrected chi connectivity index (χ3v) is 2.06. The lowest BCUT2D eigenvalue weighted by atomic mass is 10.2. The van der Waals surface area contributed by atoms with Crippen molar-refractivity contribution in [3.63, 3.8) is 0 Å². The van der Waals surface area contributed by atoms with Crippen molar-refractivity contribution in [2.75, 3.05) is 13.1 Å². The third-order valence-electron chi connectivity index (χ3n) is 2.06. The molecular formula is C10H17NO3. The lowest BCUT2D eigenvalue weighted by Gasteiger charge is -2.11. The molecule has 0 aliphatic heterocycles. The molecule has 0 aliphatic carbocycles. The Hall–Kier alpha value is -0.840. The van der Waals surface area contributed by atoms with Gasteiger partial charge in [-0.1, -0.05) is 6.92 Å². The van der Waals surface area contributed by atoms with E-state index in [0.29, 0.717) is 25.3 Å². The van der Waals surface area contributed by atoms with Crippen molar-refractivity contribution < 1.29 is 14.6 Å². The number of aliphatic hydroxyl groups is 2. The molecule has 0 spiro atoms. The van der Waals surface area contributed by atoms with Gasteiger partial charge in [-0.05, 0) is 18.6 Å². The van der Waals surface area contributed by atoms with E-state index in [1.165, 1.54) is 6.26 Å². The fourth-order valence-corrected chi connectivity index (χ4v) is 1.11. The van der Waals surface area contributed by atoms with Crippen molar-refractivity contribution in [3.8, 4) is 0 Å². The highest BCUT2D eigenvalue weighted by Crippen LogP contribution is 2.11. The molecule has 14 heavy (non-hydrogen) atoms. The van der Waals surface area contributed by atoms with E-state index < -0.39 is 6.10 Å². The van der Waals surface area contributed by atoms with Gasteiger partial charge in [0.1, 0.15) is 11.9 Å². The van der Waals surface area contributed by atoms with Crippen molar-refractivity contribution >= 4 is 0 Å². The summed E-state index contributed by atoms with van der Waals surface area (Å²) in [5.74, 6) is 0.545. The Labute approximate surface area is 83.6 Å². The molecule has 3 N–H and O–H groups in total. The molecule has 0 amide bonds. The summed E-state index contributed by atoms with van der Waals surface area (Å²) in [6, 6.07) is 3.46. The first-order valence-electron chi connectivity index (χ1n) is 4.84. The molecule has 80 valence electrons. The second kappa shape index (κ2) is 5.80. The third kappa shape index (κ3) is 3.49. The van der Waals surface area contributed by atoms with Gasteiger partial charge in [-0.3, -0.25) is 0 Å². The molecule has 2 atom stereocenters. The van der Waals surface area contributed by atoms with Gasteiger partial charge in [0, 0.05) is 13.1 Å². The summed E-state index contributed by atoms with van der Waals surface area (Å²) >= 11 is 0. The molecule has 0 bridgehead atoms. The lowest BCUT2D eigenvalue weighted by Crippen LogP contribution is -2.29. The van der Waals surface area contributed by atoms with E-state index in [4.69, 9.17) is 4.42 Å². The topological polar surface area (TPSA) is 65.6 Å². The van der Waals surface area contributed by atoms with Crippen LogP contribution < -0.4 is 5.32 Å². The fraction of sp³-hybridized carbons (Fsp3) is 0.600. The molecule has 2 unspecified atom stereocenters. The maximum atomic E-state index is 9.56. The van der Waals surface area contributed by atoms with Crippen molar-refractivity contribution in [2.24, 2.45) is 0 Å². The fourth-order valence-electron chi connectivity index (χ4n) is 1.11. The van der Waals surface area contributed by atoms with Crippen LogP contribution in [0, 0.1) is 0 Å². The highest BCUT2D eigenvalue weighted by atomic mass is 16.4. The molecule has 0 radical (unpaired) electrons. The molecule has 1 heterocycles. The second-order valence-corrected chi connectivity index (χ2v) is 3.25. The summed E-state index contributed by atoms with van der Waals surface area (Å²) in [6.07, 6.45) is 1.25. The van der Waals surface area contributed by atoms with Gasteiger partial charge in [0.25, 0.3) is 0 Å². The maximum absolute atomic E-state index is 9.56. The molecule has 0 fully saturated rings. The number of hydrogen-bond acceptors (Lipinski definition) is 4. The Morgan fingerprint density at radius 1 is 1.43 bits per heavy atom. The van der Waals surface area contributed by atoms with Crippen LogP contribution >= 0.6 is 0 Å². The van der Waals surface area contributed by atoms with Gasteiger partial charge in [0.2, 0.25) is 0 Å². The summed E-state index contributed by atoms with van der Waals surface area (Å²) in [4.78, 5) is 0. The Kier molecular flexibility index (Phi) is 4.65. The van der Waals surface area contributed by atoms with Crippen LogP contribution in [0.2, 0.25) is 0 Å². The van der Waals surface area contributed by atoms with E-state index in [-0.39, 0.29) is 6.10 Å². The van der Waals surface area contributed by atoms with E-state index in [1.807, 2.05) is 6.92 Å². The molecule has 0 saturated heterocycles. The van der Waals surface area contributed by atoms with E-state index >= 15 is 0 Å². The van der Waals surface area contributed by atoms with Crippen LogP contribution in [0.3, 0.4) is 0 Å². The van der Waals surface area contributed by atoms with E-state index in [1.54, 1.807) is 12.1 Å². The van der Waals surface area contributed by atoms with Crippen LogP contribution in [0.5, 0.6) is 0 Å². The number of rotatable bonds is 6. The normalized spacial score (nSPS) is 15.4. The summed E-state index contributed by atoms with van der Waals surface area (Å²) < 4.78 is 5.03. The Morgan fingerprint density at radius 3 is 2.79 bits per heavy atom. The van der Waals surface area contributed by atoms with Crippen LogP contribution in [0.25, 0.3) is 0 Å². The highest BCUT2D eigenvalue weighted by Gasteiger charge is 2.09. The van der Waals surface area contributed by atoms with Crippen LogP contribution in [0.1, 0.15) is 25.2 Å². The van der Waals surface area contributed by atoms with Gasteiger partial charge in [0.05, 0.1) is 12.4 Å². The Bertz CT molecular complexity index is 236. The lowest BCUT2D eigenvalue weighted by molar-refractivity contribution is 0.130. The zero-order valence-corrected chi connectivity index (χ0v) is 8.31. The van der Waals surface area contributed by atoms with Crippen LogP contribution in [0.4, 0.5) is 0 Å². The molecule has 1 rings (SSSR count). The van der Waals surface area contributed by atoms with Crippen LogP contribution in [0.15, 0.2) is 22.8 Å². The first kappa shape index (κ1) is 11.2. The second-order valence-electron chi connectivity index (χ2n) is 3.25. The Balaban J connectivity index is 2.19. The van der Waals surface area contributed by atoms with Gasteiger partial charge in [-0.15, -0.1) is 0 Å². The number of nitrogens with one attached hydrogen (secondary N) is 1. The SMILES string of the molecule is CCC(O)CNCC(O)c1ccco1. The van der Waals surface area contributed by atoms with E-state index in [2.05, 4.69) is 5.32 Å². The standard InChI is InChI=1S/C10H17NO3/c1-2-8(12)6-11-7-9(13)10-4-3-5-14-10/h3-5,8-9,11-13H,2,6-7H2,1H3. The van der Waals surface area contributed by atoms with Gasteiger partial charge in [0.15, 0.2) is 0 Å².